The number of hydrogen-bond acceptors (Lipinski definition) is 4. The summed E-state index contributed by atoms with van der Waals surface area (Å²) in [5.74, 6) is -13.1. The molecule has 0 aromatic heterocycles. The molecule has 0 aliphatic heterocycles. The third-order valence-electron chi connectivity index (χ3n) is 1.23. The molecular weight excluding hydrogens is 293 g/mol. The maximum absolute atomic E-state index is 12.7. The minimum absolute atomic E-state index is 2.14. The van der Waals surface area contributed by atoms with Crippen molar-refractivity contribution in [2.24, 2.45) is 0 Å². The molecule has 0 heterocycles. The summed E-state index contributed by atoms with van der Waals surface area (Å²) in [6.07, 6.45) is -6.84. The fourth-order valence-corrected chi connectivity index (χ4v) is 0.996. The Kier molecular flexibility index (Phi) is 3.83. The van der Waals surface area contributed by atoms with Crippen molar-refractivity contribution in [3.8, 4) is 0 Å². The van der Waals surface area contributed by atoms with E-state index in [9.17, 15) is 43.9 Å². The molecule has 0 aliphatic rings. The molecule has 0 saturated heterocycles. The van der Waals surface area contributed by atoms with Gasteiger partial charge in [-0.15, -0.1) is 0 Å². The van der Waals surface area contributed by atoms with E-state index >= 15 is 0 Å². The Bertz CT molecular complexity index is 412. The first-order valence-electron chi connectivity index (χ1n) is 3.16. The van der Waals surface area contributed by atoms with Gasteiger partial charge in [-0.05, 0) is 0 Å². The van der Waals surface area contributed by atoms with Crippen LogP contribution in [0.15, 0.2) is 0 Å². The molecule has 1 N–H and O–H groups in total. The molecule has 0 saturated carbocycles. The second kappa shape index (κ2) is 4.06. The molecule has 0 aromatic carbocycles. The summed E-state index contributed by atoms with van der Waals surface area (Å²) in [5.41, 5.74) is 0. The summed E-state index contributed by atoms with van der Waals surface area (Å²) >= 11 is 0. The molecule has 0 fully saturated rings. The maximum Gasteiger partial charge on any atom is 0.460 e. The molecule has 0 radical (unpaired) electrons. The van der Waals surface area contributed by atoms with E-state index in [0.29, 0.717) is 0 Å². The van der Waals surface area contributed by atoms with Crippen LogP contribution in [-0.4, -0.2) is 37.0 Å². The predicted molar refractivity (Wildman–Crippen MR) is 33.6 cm³/mol. The molecule has 0 spiro atoms. The first kappa shape index (κ1) is 16.1. The Labute approximate surface area is 88.1 Å². The molecule has 1 atom stereocenters. The van der Waals surface area contributed by atoms with E-state index in [1.165, 1.54) is 0 Å². The molecule has 0 aliphatic carbocycles. The van der Waals surface area contributed by atoms with Gasteiger partial charge in [0, 0.05) is 0 Å². The fraction of sp³-hybridized carbons (Fsp3) is 0.750. The largest absolute Gasteiger partial charge is 0.460 e. The van der Waals surface area contributed by atoms with Crippen LogP contribution in [-0.2, 0) is 19.4 Å². The van der Waals surface area contributed by atoms with Crippen LogP contribution < -0.4 is 0 Å². The zero-order valence-corrected chi connectivity index (χ0v) is 7.95. The van der Waals surface area contributed by atoms with Crippen LogP contribution in [0.25, 0.3) is 0 Å². The number of carbonyl (C=O) groups excluding carboxylic acids is 1. The van der Waals surface area contributed by atoms with E-state index in [-0.39, 0.29) is 0 Å². The second-order valence-electron chi connectivity index (χ2n) is 2.45. The summed E-state index contributed by atoms with van der Waals surface area (Å²) in [6, 6.07) is -4.09. The van der Waals surface area contributed by atoms with E-state index in [0.717, 1.165) is 0 Å². The molecule has 0 aromatic rings. The van der Waals surface area contributed by atoms with Crippen LogP contribution in [0.3, 0.4) is 0 Å². The van der Waals surface area contributed by atoms with E-state index in [1.807, 2.05) is 0 Å². The Morgan fingerprint density at radius 3 is 1.59 bits per heavy atom. The zero-order chi connectivity index (χ0) is 14.3. The van der Waals surface area contributed by atoms with Crippen molar-refractivity contribution >= 4 is 16.4 Å². The summed E-state index contributed by atoms with van der Waals surface area (Å²) < 4.78 is 113. The van der Waals surface area contributed by atoms with Gasteiger partial charge in [-0.1, -0.05) is 0 Å². The first-order chi connectivity index (χ1) is 7.15. The minimum Gasteiger partial charge on any atom is -0.263 e. The van der Waals surface area contributed by atoms with E-state index in [4.69, 9.17) is 4.55 Å². The van der Waals surface area contributed by atoms with Gasteiger partial charge >= 0.3 is 34.4 Å². The van der Waals surface area contributed by atoms with Crippen molar-refractivity contribution < 1.29 is 52.7 Å². The molecule has 17 heavy (non-hydrogen) atoms. The molecule has 0 bridgehead atoms. The van der Waals surface area contributed by atoms with Gasteiger partial charge < -0.3 is 0 Å². The topological polar surface area (TPSA) is 80.7 Å². The minimum atomic E-state index is -6.84. The molecule has 102 valence electrons. The van der Waals surface area contributed by atoms with Crippen LogP contribution in [0.1, 0.15) is 0 Å². The Hall–Kier alpha value is -0.950. The lowest BCUT2D eigenvalue weighted by atomic mass is 10.1. The molecule has 1 unspecified atom stereocenters. The highest BCUT2D eigenvalue weighted by Gasteiger charge is 2.78. The van der Waals surface area contributed by atoms with Crippen LogP contribution in [0.4, 0.5) is 30.7 Å². The lowest BCUT2D eigenvalue weighted by molar-refractivity contribution is -0.355. The third-order valence-corrected chi connectivity index (χ3v) is 1.67. The van der Waals surface area contributed by atoms with Crippen molar-refractivity contribution in [1.82, 2.24) is 0 Å². The average molecular weight is 294 g/mol. The van der Waals surface area contributed by atoms with Crippen LogP contribution >= 0.6 is 0 Å². The van der Waals surface area contributed by atoms with Gasteiger partial charge in [0.2, 0.25) is 0 Å². The Morgan fingerprint density at radius 1 is 1.06 bits per heavy atom. The van der Waals surface area contributed by atoms with Crippen molar-refractivity contribution in [1.29, 1.82) is 0 Å². The molecule has 0 amide bonds. The number of hydrogen-bond donors (Lipinski definition) is 1. The second-order valence-corrected chi connectivity index (χ2v) is 3.47. The molecular formula is C4HF7O5S. The predicted octanol–water partition coefficient (Wildman–Crippen LogP) is 1.17. The third kappa shape index (κ3) is 3.04. The standard InChI is InChI=1S/C4HF7O5S/c5-1(12)2(6,16-17(13,14)15)3(7,8)4(9,10)11/h(H,13,14,15). The monoisotopic (exact) mass is 294 g/mol. The van der Waals surface area contributed by atoms with Crippen molar-refractivity contribution in [3.05, 3.63) is 0 Å². The molecule has 5 nitrogen and oxygen atoms in total. The molecule has 13 heteroatoms. The average Bonchev–Trinajstić information content (AvgIpc) is 1.97. The SMILES string of the molecule is O=C(F)C(F)(OS(=O)(=O)O)C(F)(F)C(F)(F)F. The highest BCUT2D eigenvalue weighted by atomic mass is 32.3. The van der Waals surface area contributed by atoms with E-state index in [2.05, 4.69) is 4.18 Å². The normalized spacial score (nSPS) is 17.6. The smallest absolute Gasteiger partial charge is 0.263 e. The van der Waals surface area contributed by atoms with Crippen LogP contribution in [0.5, 0.6) is 0 Å². The lowest BCUT2D eigenvalue weighted by Gasteiger charge is -2.28. The summed E-state index contributed by atoms with van der Waals surface area (Å²) in [6.45, 7) is 0. The summed E-state index contributed by atoms with van der Waals surface area (Å²) in [4.78, 5) is 9.71. The number of alkyl halides is 6. The van der Waals surface area contributed by atoms with Gasteiger partial charge in [-0.2, -0.15) is 43.3 Å². The highest BCUT2D eigenvalue weighted by Crippen LogP contribution is 2.47. The molecule has 0 rings (SSSR count). The maximum atomic E-state index is 12.7. The number of rotatable bonds is 4. The zero-order valence-electron chi connectivity index (χ0n) is 7.13. The van der Waals surface area contributed by atoms with Gasteiger partial charge in [-0.3, -0.25) is 9.35 Å². The van der Waals surface area contributed by atoms with Gasteiger partial charge in [0.1, 0.15) is 0 Å². The Morgan fingerprint density at radius 2 is 1.41 bits per heavy atom. The van der Waals surface area contributed by atoms with Crippen molar-refractivity contribution in [2.45, 2.75) is 18.0 Å². The van der Waals surface area contributed by atoms with Crippen molar-refractivity contribution in [3.63, 3.8) is 0 Å². The Balaban J connectivity index is 5.77. The van der Waals surface area contributed by atoms with Gasteiger partial charge in [0.25, 0.3) is 0 Å². The summed E-state index contributed by atoms with van der Waals surface area (Å²) in [5, 5.41) is 0. The van der Waals surface area contributed by atoms with Gasteiger partial charge in [-0.25, -0.2) is 0 Å². The number of carbonyl (C=O) groups is 1. The quantitative estimate of drug-likeness (QED) is 0.478. The fourth-order valence-electron chi connectivity index (χ4n) is 0.536. The van der Waals surface area contributed by atoms with Crippen molar-refractivity contribution in [2.75, 3.05) is 0 Å². The summed E-state index contributed by atoms with van der Waals surface area (Å²) in [7, 11) is -6.29. The van der Waals surface area contributed by atoms with E-state index < -0.39 is 34.4 Å². The van der Waals surface area contributed by atoms with Crippen LogP contribution in [0, 0.1) is 0 Å². The first-order valence-corrected chi connectivity index (χ1v) is 4.53. The highest BCUT2D eigenvalue weighted by molar-refractivity contribution is 7.81. The van der Waals surface area contributed by atoms with Gasteiger partial charge in [0.05, 0.1) is 0 Å². The van der Waals surface area contributed by atoms with E-state index in [1.54, 1.807) is 0 Å². The van der Waals surface area contributed by atoms with Gasteiger partial charge in [0.15, 0.2) is 0 Å². The van der Waals surface area contributed by atoms with Crippen LogP contribution in [0.2, 0.25) is 0 Å². The number of halogens is 7. The lowest BCUT2D eigenvalue weighted by Crippen LogP contribution is -2.60.